The van der Waals surface area contributed by atoms with Crippen LogP contribution in [0, 0.1) is 0 Å². The molecule has 0 heterocycles. The Balaban J connectivity index is 2.95. The highest BCUT2D eigenvalue weighted by Crippen LogP contribution is 2.12. The van der Waals surface area contributed by atoms with Gasteiger partial charge in [0.1, 0.15) is 23.9 Å². The maximum Gasteiger partial charge on any atom is 0.326 e. The molecule has 14 heteroatoms. The fourth-order valence-corrected chi connectivity index (χ4v) is 2.74. The van der Waals surface area contributed by atoms with E-state index in [9.17, 15) is 33.9 Å². The SMILES string of the molecule is CC(NC(=O)C(Cc1ccc(O)cc1)NC(=O)C(N)CC(N)=O)C(=O)NC(CC(N)=O)C(=O)O. The molecule has 0 aromatic heterocycles. The number of primary amides is 2. The number of carboxylic acids is 1. The fourth-order valence-electron chi connectivity index (χ4n) is 2.74. The Labute approximate surface area is 194 Å². The molecular weight excluding hydrogens is 452 g/mol. The molecule has 0 spiro atoms. The molecule has 0 radical (unpaired) electrons. The lowest BCUT2D eigenvalue weighted by atomic mass is 10.0. The molecular formula is C20H28N6O8. The Bertz CT molecular complexity index is 935. The van der Waals surface area contributed by atoms with Crippen molar-refractivity contribution in [2.45, 2.75) is 50.4 Å². The molecule has 0 saturated heterocycles. The minimum atomic E-state index is -1.59. The highest BCUT2D eigenvalue weighted by Gasteiger charge is 2.29. The van der Waals surface area contributed by atoms with Gasteiger partial charge < -0.3 is 43.4 Å². The van der Waals surface area contributed by atoms with E-state index in [4.69, 9.17) is 22.3 Å². The summed E-state index contributed by atoms with van der Waals surface area (Å²) in [6.45, 7) is 1.26. The molecule has 0 aliphatic heterocycles. The van der Waals surface area contributed by atoms with Gasteiger partial charge in [-0.1, -0.05) is 12.1 Å². The van der Waals surface area contributed by atoms with Gasteiger partial charge in [-0.05, 0) is 24.6 Å². The number of aliphatic carboxylic acids is 1. The smallest absolute Gasteiger partial charge is 0.326 e. The molecule has 34 heavy (non-hydrogen) atoms. The minimum Gasteiger partial charge on any atom is -0.508 e. The highest BCUT2D eigenvalue weighted by molar-refractivity contribution is 5.95. The van der Waals surface area contributed by atoms with Crippen molar-refractivity contribution < 1.29 is 39.0 Å². The van der Waals surface area contributed by atoms with Crippen LogP contribution < -0.4 is 33.2 Å². The number of amides is 5. The Kier molecular flexibility index (Phi) is 10.4. The average Bonchev–Trinajstić information content (AvgIpc) is 2.73. The molecule has 1 rings (SSSR count). The van der Waals surface area contributed by atoms with E-state index >= 15 is 0 Å². The number of carbonyl (C=O) groups is 6. The van der Waals surface area contributed by atoms with Crippen molar-refractivity contribution in [3.8, 4) is 5.75 Å². The number of nitrogens with two attached hydrogens (primary N) is 3. The number of hydrogen-bond donors (Lipinski definition) is 8. The van der Waals surface area contributed by atoms with E-state index in [1.54, 1.807) is 0 Å². The Hall–Kier alpha value is -4.20. The van der Waals surface area contributed by atoms with Gasteiger partial charge in [-0.25, -0.2) is 4.79 Å². The summed E-state index contributed by atoms with van der Waals surface area (Å²) in [6.07, 6.45) is -1.19. The summed E-state index contributed by atoms with van der Waals surface area (Å²) in [5.41, 5.74) is 16.2. The van der Waals surface area contributed by atoms with Crippen LogP contribution >= 0.6 is 0 Å². The summed E-state index contributed by atoms with van der Waals surface area (Å²) in [5.74, 6) is -5.87. The zero-order chi connectivity index (χ0) is 26.0. The van der Waals surface area contributed by atoms with Gasteiger partial charge in [0.2, 0.25) is 29.5 Å². The maximum absolute atomic E-state index is 12.8. The first-order valence-corrected chi connectivity index (χ1v) is 10.0. The molecule has 0 aliphatic carbocycles. The number of nitrogens with one attached hydrogen (secondary N) is 3. The predicted octanol–water partition coefficient (Wildman–Crippen LogP) is -3.43. The molecule has 0 bridgehead atoms. The number of carbonyl (C=O) groups excluding carboxylic acids is 5. The zero-order valence-electron chi connectivity index (χ0n) is 18.3. The molecule has 0 aliphatic rings. The van der Waals surface area contributed by atoms with Crippen molar-refractivity contribution in [1.82, 2.24) is 16.0 Å². The van der Waals surface area contributed by atoms with E-state index in [1.807, 2.05) is 0 Å². The number of rotatable bonds is 13. The molecule has 14 nitrogen and oxygen atoms in total. The Morgan fingerprint density at radius 1 is 0.824 bits per heavy atom. The van der Waals surface area contributed by atoms with Crippen molar-refractivity contribution in [3.05, 3.63) is 29.8 Å². The van der Waals surface area contributed by atoms with Gasteiger partial charge >= 0.3 is 5.97 Å². The third kappa shape index (κ3) is 9.52. The molecule has 186 valence electrons. The van der Waals surface area contributed by atoms with E-state index < -0.39 is 72.5 Å². The van der Waals surface area contributed by atoms with Gasteiger partial charge in [0.05, 0.1) is 18.9 Å². The molecule has 4 unspecified atom stereocenters. The first-order chi connectivity index (χ1) is 15.8. The summed E-state index contributed by atoms with van der Waals surface area (Å²) >= 11 is 0. The van der Waals surface area contributed by atoms with Crippen molar-refractivity contribution in [3.63, 3.8) is 0 Å². The van der Waals surface area contributed by atoms with Crippen LogP contribution in [0.25, 0.3) is 0 Å². The van der Waals surface area contributed by atoms with Crippen LogP contribution in [-0.4, -0.2) is 69.9 Å². The first kappa shape index (κ1) is 27.8. The van der Waals surface area contributed by atoms with Crippen molar-refractivity contribution in [1.29, 1.82) is 0 Å². The maximum atomic E-state index is 12.8. The molecule has 5 amide bonds. The van der Waals surface area contributed by atoms with Crippen LogP contribution in [0.3, 0.4) is 0 Å². The summed E-state index contributed by atoms with van der Waals surface area (Å²) < 4.78 is 0. The van der Waals surface area contributed by atoms with Gasteiger partial charge in [-0.15, -0.1) is 0 Å². The normalized spacial score (nSPS) is 14.1. The number of phenols is 1. The third-order valence-electron chi connectivity index (χ3n) is 4.54. The summed E-state index contributed by atoms with van der Waals surface area (Å²) in [4.78, 5) is 70.7. The first-order valence-electron chi connectivity index (χ1n) is 10.0. The molecule has 4 atom stereocenters. The average molecular weight is 480 g/mol. The quantitative estimate of drug-likeness (QED) is 0.139. The van der Waals surface area contributed by atoms with E-state index in [0.717, 1.165) is 0 Å². The van der Waals surface area contributed by atoms with Crippen LogP contribution in [0.2, 0.25) is 0 Å². The molecule has 11 N–H and O–H groups in total. The van der Waals surface area contributed by atoms with Gasteiger partial charge in [0.25, 0.3) is 0 Å². The summed E-state index contributed by atoms with van der Waals surface area (Å²) in [5, 5.41) is 25.3. The molecule has 0 saturated carbocycles. The van der Waals surface area contributed by atoms with E-state index in [-0.39, 0.29) is 12.2 Å². The van der Waals surface area contributed by atoms with Gasteiger partial charge in [-0.3, -0.25) is 24.0 Å². The molecule has 1 aromatic rings. The van der Waals surface area contributed by atoms with Gasteiger partial charge in [-0.2, -0.15) is 0 Å². The second kappa shape index (κ2) is 12.7. The lowest BCUT2D eigenvalue weighted by Crippen LogP contribution is -2.57. The van der Waals surface area contributed by atoms with Gasteiger partial charge in [0.15, 0.2) is 0 Å². The monoisotopic (exact) mass is 480 g/mol. The van der Waals surface area contributed by atoms with Gasteiger partial charge in [0, 0.05) is 6.42 Å². The number of aromatic hydroxyl groups is 1. The highest BCUT2D eigenvalue weighted by atomic mass is 16.4. The van der Waals surface area contributed by atoms with Crippen LogP contribution in [-0.2, 0) is 35.2 Å². The van der Waals surface area contributed by atoms with E-state index in [2.05, 4.69) is 16.0 Å². The minimum absolute atomic E-state index is 0.0218. The van der Waals surface area contributed by atoms with E-state index in [0.29, 0.717) is 5.56 Å². The van der Waals surface area contributed by atoms with Crippen molar-refractivity contribution in [2.75, 3.05) is 0 Å². The lowest BCUT2D eigenvalue weighted by Gasteiger charge is -2.23. The van der Waals surface area contributed by atoms with Crippen LogP contribution in [0.5, 0.6) is 5.75 Å². The largest absolute Gasteiger partial charge is 0.508 e. The standard InChI is InChI=1S/C20H28N6O8/c1-9(17(30)26-14(20(33)34)8-16(23)29)24-19(32)13(6-10-2-4-11(27)5-3-10)25-18(31)12(21)7-15(22)28/h2-5,9,12-14,27H,6-8,21H2,1H3,(H2,22,28)(H2,23,29)(H,24,32)(H,25,31)(H,26,30)(H,33,34). The molecule has 0 fully saturated rings. The van der Waals surface area contributed by atoms with Crippen molar-refractivity contribution >= 4 is 35.5 Å². The summed E-state index contributed by atoms with van der Waals surface area (Å²) in [7, 11) is 0. The van der Waals surface area contributed by atoms with Crippen LogP contribution in [0.15, 0.2) is 24.3 Å². The number of hydrogen-bond acceptors (Lipinski definition) is 8. The number of carboxylic acid groups (broad SMARTS) is 1. The number of benzene rings is 1. The lowest BCUT2D eigenvalue weighted by molar-refractivity contribution is -0.143. The second-order valence-corrected chi connectivity index (χ2v) is 7.51. The van der Waals surface area contributed by atoms with Crippen LogP contribution in [0.1, 0.15) is 25.3 Å². The zero-order valence-corrected chi connectivity index (χ0v) is 18.3. The number of phenolic OH excluding ortho intramolecular Hbond substituents is 1. The second-order valence-electron chi connectivity index (χ2n) is 7.51. The summed E-state index contributed by atoms with van der Waals surface area (Å²) in [6, 6.07) is 0.304. The Morgan fingerprint density at radius 2 is 1.35 bits per heavy atom. The molecule has 1 aromatic carbocycles. The topological polar surface area (TPSA) is 257 Å². The predicted molar refractivity (Wildman–Crippen MR) is 117 cm³/mol. The fraction of sp³-hybridized carbons (Fsp3) is 0.400. The van der Waals surface area contributed by atoms with Crippen molar-refractivity contribution in [2.24, 2.45) is 17.2 Å². The third-order valence-corrected chi connectivity index (χ3v) is 4.54. The van der Waals surface area contributed by atoms with E-state index in [1.165, 1.54) is 31.2 Å². The van der Waals surface area contributed by atoms with Crippen LogP contribution in [0.4, 0.5) is 0 Å². The Morgan fingerprint density at radius 3 is 1.85 bits per heavy atom.